The van der Waals surface area contributed by atoms with Gasteiger partial charge in [0.1, 0.15) is 18.1 Å². The maximum atomic E-state index is 9.52. The molecular weight excluding hydrogens is 346 g/mol. The number of phenolic OH excluding ortho intramolecular Hbond substituents is 1. The fourth-order valence-corrected chi connectivity index (χ4v) is 3.03. The SMILES string of the molecule is CNCCOc1ccc(CCC(=Cc2ccc(O)cc2)c2ccccc2)cc1. The molecule has 0 heterocycles. The number of allylic oxidation sites excluding steroid dienone is 1. The lowest BCUT2D eigenvalue weighted by Crippen LogP contribution is -2.15. The van der Waals surface area contributed by atoms with Crippen LogP contribution in [0.15, 0.2) is 78.9 Å². The smallest absolute Gasteiger partial charge is 0.119 e. The summed E-state index contributed by atoms with van der Waals surface area (Å²) in [5.41, 5.74) is 4.88. The summed E-state index contributed by atoms with van der Waals surface area (Å²) in [6, 6.07) is 26.1. The second-order valence-corrected chi connectivity index (χ2v) is 6.72. The fourth-order valence-electron chi connectivity index (χ4n) is 3.03. The van der Waals surface area contributed by atoms with E-state index in [9.17, 15) is 5.11 Å². The van der Waals surface area contributed by atoms with E-state index in [1.807, 2.05) is 37.4 Å². The number of hydrogen-bond acceptors (Lipinski definition) is 3. The Labute approximate surface area is 167 Å². The maximum absolute atomic E-state index is 9.52. The van der Waals surface area contributed by atoms with Crippen LogP contribution in [0.3, 0.4) is 0 Å². The largest absolute Gasteiger partial charge is 0.508 e. The quantitative estimate of drug-likeness (QED) is 0.402. The van der Waals surface area contributed by atoms with E-state index in [1.54, 1.807) is 12.1 Å². The monoisotopic (exact) mass is 373 g/mol. The van der Waals surface area contributed by atoms with Crippen LogP contribution in [-0.2, 0) is 6.42 Å². The summed E-state index contributed by atoms with van der Waals surface area (Å²) in [4.78, 5) is 0. The summed E-state index contributed by atoms with van der Waals surface area (Å²) in [5, 5.41) is 12.6. The van der Waals surface area contributed by atoms with Gasteiger partial charge in [-0.05, 0) is 66.4 Å². The van der Waals surface area contributed by atoms with Gasteiger partial charge in [0.15, 0.2) is 0 Å². The summed E-state index contributed by atoms with van der Waals surface area (Å²) in [6.07, 6.45) is 4.09. The van der Waals surface area contributed by atoms with Crippen LogP contribution in [0.4, 0.5) is 0 Å². The molecule has 0 aliphatic heterocycles. The van der Waals surface area contributed by atoms with Crippen LogP contribution in [0, 0.1) is 0 Å². The zero-order valence-electron chi connectivity index (χ0n) is 16.3. The highest BCUT2D eigenvalue weighted by Crippen LogP contribution is 2.25. The van der Waals surface area contributed by atoms with Crippen molar-refractivity contribution in [1.29, 1.82) is 0 Å². The first-order valence-corrected chi connectivity index (χ1v) is 9.66. The third kappa shape index (κ3) is 6.00. The van der Waals surface area contributed by atoms with Crippen LogP contribution in [-0.4, -0.2) is 25.3 Å². The number of likely N-dealkylation sites (N-methyl/N-ethyl adjacent to an activating group) is 1. The molecule has 3 rings (SSSR count). The third-order valence-corrected chi connectivity index (χ3v) is 4.61. The van der Waals surface area contributed by atoms with Crippen LogP contribution in [0.5, 0.6) is 11.5 Å². The van der Waals surface area contributed by atoms with Gasteiger partial charge in [-0.3, -0.25) is 0 Å². The number of benzene rings is 3. The molecule has 2 N–H and O–H groups in total. The summed E-state index contributed by atoms with van der Waals surface area (Å²) in [7, 11) is 1.92. The van der Waals surface area contributed by atoms with E-state index >= 15 is 0 Å². The molecular formula is C25H27NO2. The number of rotatable bonds is 9. The van der Waals surface area contributed by atoms with Gasteiger partial charge >= 0.3 is 0 Å². The highest BCUT2D eigenvalue weighted by Gasteiger charge is 2.04. The second-order valence-electron chi connectivity index (χ2n) is 6.72. The van der Waals surface area contributed by atoms with Crippen LogP contribution >= 0.6 is 0 Å². The molecule has 3 aromatic rings. The number of phenols is 1. The zero-order valence-corrected chi connectivity index (χ0v) is 16.3. The van der Waals surface area contributed by atoms with Crippen molar-refractivity contribution in [3.63, 3.8) is 0 Å². The Balaban J connectivity index is 1.70. The van der Waals surface area contributed by atoms with Crippen molar-refractivity contribution in [2.75, 3.05) is 20.2 Å². The first-order chi connectivity index (χ1) is 13.7. The van der Waals surface area contributed by atoms with Gasteiger partial charge in [0, 0.05) is 6.54 Å². The Hall–Kier alpha value is -3.04. The van der Waals surface area contributed by atoms with E-state index in [2.05, 4.69) is 47.8 Å². The van der Waals surface area contributed by atoms with Crippen molar-refractivity contribution in [1.82, 2.24) is 5.32 Å². The maximum Gasteiger partial charge on any atom is 0.119 e. The van der Waals surface area contributed by atoms with Crippen molar-refractivity contribution in [2.45, 2.75) is 12.8 Å². The lowest BCUT2D eigenvalue weighted by Gasteiger charge is -2.10. The predicted octanol–water partition coefficient (Wildman–Crippen LogP) is 5.16. The highest BCUT2D eigenvalue weighted by molar-refractivity contribution is 5.81. The molecule has 0 saturated heterocycles. The van der Waals surface area contributed by atoms with E-state index in [0.29, 0.717) is 6.61 Å². The Bertz CT molecular complexity index is 869. The highest BCUT2D eigenvalue weighted by atomic mass is 16.5. The summed E-state index contributed by atoms with van der Waals surface area (Å²) < 4.78 is 5.69. The normalized spacial score (nSPS) is 11.4. The van der Waals surface area contributed by atoms with Gasteiger partial charge in [-0.25, -0.2) is 0 Å². The van der Waals surface area contributed by atoms with Gasteiger partial charge in [0.2, 0.25) is 0 Å². The third-order valence-electron chi connectivity index (χ3n) is 4.61. The molecule has 0 radical (unpaired) electrons. The number of nitrogens with one attached hydrogen (secondary N) is 1. The number of aryl methyl sites for hydroxylation is 1. The molecule has 0 amide bonds. The van der Waals surface area contributed by atoms with Gasteiger partial charge in [0.05, 0.1) is 0 Å². The Kier molecular flexibility index (Phi) is 7.28. The van der Waals surface area contributed by atoms with E-state index < -0.39 is 0 Å². The first-order valence-electron chi connectivity index (χ1n) is 9.66. The Morgan fingerprint density at radius 3 is 2.32 bits per heavy atom. The fraction of sp³-hybridized carbons (Fsp3) is 0.200. The average molecular weight is 373 g/mol. The number of ether oxygens (including phenoxy) is 1. The lowest BCUT2D eigenvalue weighted by atomic mass is 9.96. The molecule has 0 aromatic heterocycles. The van der Waals surface area contributed by atoms with Crippen LogP contribution < -0.4 is 10.1 Å². The molecule has 0 unspecified atom stereocenters. The minimum Gasteiger partial charge on any atom is -0.508 e. The van der Waals surface area contributed by atoms with Crippen LogP contribution in [0.2, 0.25) is 0 Å². The average Bonchev–Trinajstić information content (AvgIpc) is 2.74. The van der Waals surface area contributed by atoms with Crippen molar-refractivity contribution < 1.29 is 9.84 Å². The zero-order chi connectivity index (χ0) is 19.6. The topological polar surface area (TPSA) is 41.5 Å². The van der Waals surface area contributed by atoms with Crippen molar-refractivity contribution in [3.8, 4) is 11.5 Å². The minimum atomic E-state index is 0.287. The van der Waals surface area contributed by atoms with Crippen LogP contribution in [0.25, 0.3) is 11.6 Å². The van der Waals surface area contributed by atoms with E-state index in [1.165, 1.54) is 16.7 Å². The molecule has 0 bridgehead atoms. The van der Waals surface area contributed by atoms with Crippen molar-refractivity contribution in [3.05, 3.63) is 95.6 Å². The molecule has 0 spiro atoms. The van der Waals surface area contributed by atoms with E-state index in [-0.39, 0.29) is 5.75 Å². The summed E-state index contributed by atoms with van der Waals surface area (Å²) >= 11 is 0. The van der Waals surface area contributed by atoms with E-state index in [0.717, 1.165) is 30.7 Å². The molecule has 0 saturated carbocycles. The molecule has 3 nitrogen and oxygen atoms in total. The minimum absolute atomic E-state index is 0.287. The van der Waals surface area contributed by atoms with Gasteiger partial charge in [0.25, 0.3) is 0 Å². The lowest BCUT2D eigenvalue weighted by molar-refractivity contribution is 0.318. The second kappa shape index (κ2) is 10.3. The summed E-state index contributed by atoms with van der Waals surface area (Å²) in [6.45, 7) is 1.51. The molecule has 0 aliphatic rings. The molecule has 3 heteroatoms. The molecule has 144 valence electrons. The molecule has 28 heavy (non-hydrogen) atoms. The Morgan fingerprint density at radius 1 is 0.929 bits per heavy atom. The molecule has 0 fully saturated rings. The predicted molar refractivity (Wildman–Crippen MR) is 117 cm³/mol. The number of hydrogen-bond donors (Lipinski definition) is 2. The van der Waals surface area contributed by atoms with Gasteiger partial charge < -0.3 is 15.2 Å². The van der Waals surface area contributed by atoms with Gasteiger partial charge in [-0.1, -0.05) is 60.7 Å². The van der Waals surface area contributed by atoms with E-state index in [4.69, 9.17) is 4.74 Å². The Morgan fingerprint density at radius 2 is 1.64 bits per heavy atom. The van der Waals surface area contributed by atoms with Gasteiger partial charge in [-0.15, -0.1) is 0 Å². The molecule has 0 aliphatic carbocycles. The standard InChI is InChI=1S/C25H27NO2/c1-26-17-18-28-25-15-10-20(11-16-25)7-12-23(22-5-3-2-4-6-22)19-21-8-13-24(27)14-9-21/h2-6,8-11,13-16,19,26-27H,7,12,17-18H2,1H3. The van der Waals surface area contributed by atoms with Crippen LogP contribution in [0.1, 0.15) is 23.1 Å². The molecule has 3 aromatic carbocycles. The molecule has 0 atom stereocenters. The van der Waals surface area contributed by atoms with Gasteiger partial charge in [-0.2, -0.15) is 0 Å². The summed E-state index contributed by atoms with van der Waals surface area (Å²) in [5.74, 6) is 1.19. The number of aromatic hydroxyl groups is 1. The van der Waals surface area contributed by atoms with Crippen molar-refractivity contribution in [2.24, 2.45) is 0 Å². The first kappa shape index (κ1) is 19.7. The van der Waals surface area contributed by atoms with Crippen molar-refractivity contribution >= 4 is 11.6 Å².